The van der Waals surface area contributed by atoms with Gasteiger partial charge in [-0.25, -0.2) is 0 Å². The molecule has 5 nitrogen and oxygen atoms in total. The van der Waals surface area contributed by atoms with E-state index in [1.54, 1.807) is 25.1 Å². The fourth-order valence-electron chi connectivity index (χ4n) is 2.29. The Kier molecular flexibility index (Phi) is 3.62. The van der Waals surface area contributed by atoms with Crippen LogP contribution >= 0.6 is 0 Å². The van der Waals surface area contributed by atoms with Crippen molar-refractivity contribution in [2.75, 3.05) is 0 Å². The van der Waals surface area contributed by atoms with Crippen molar-refractivity contribution < 1.29 is 14.0 Å². The van der Waals surface area contributed by atoms with Crippen molar-refractivity contribution in [3.63, 3.8) is 0 Å². The summed E-state index contributed by atoms with van der Waals surface area (Å²) in [6.45, 7) is 1.68. The molecule has 0 saturated carbocycles. The van der Waals surface area contributed by atoms with E-state index in [1.165, 1.54) is 6.26 Å². The molecule has 3 aromatic rings. The molecule has 5 heteroatoms. The highest BCUT2D eigenvalue weighted by molar-refractivity contribution is 6.08. The number of carbonyl (C=O) groups excluding carboxylic acids is 2. The molecular formula is C17H14N2O3. The van der Waals surface area contributed by atoms with Crippen molar-refractivity contribution in [1.82, 2.24) is 10.9 Å². The Bertz CT molecular complexity index is 846. The molecule has 0 aliphatic rings. The third-order valence-electron chi connectivity index (χ3n) is 3.43. The molecule has 0 atom stereocenters. The van der Waals surface area contributed by atoms with Crippen LogP contribution in [-0.4, -0.2) is 11.8 Å². The van der Waals surface area contributed by atoms with E-state index in [-0.39, 0.29) is 5.91 Å². The lowest BCUT2D eigenvalue weighted by atomic mass is 10.0. The van der Waals surface area contributed by atoms with Crippen LogP contribution in [0.1, 0.15) is 26.5 Å². The summed E-state index contributed by atoms with van der Waals surface area (Å²) in [5, 5.41) is 1.79. The van der Waals surface area contributed by atoms with Crippen molar-refractivity contribution in [3.8, 4) is 0 Å². The van der Waals surface area contributed by atoms with E-state index in [9.17, 15) is 9.59 Å². The molecule has 0 aliphatic heterocycles. The number of hydrogen-bond donors (Lipinski definition) is 2. The third-order valence-corrected chi connectivity index (χ3v) is 3.43. The quantitative estimate of drug-likeness (QED) is 0.714. The minimum atomic E-state index is -0.417. The van der Waals surface area contributed by atoms with Crippen LogP contribution in [0.2, 0.25) is 0 Å². The van der Waals surface area contributed by atoms with E-state index in [1.807, 2.05) is 30.3 Å². The van der Waals surface area contributed by atoms with Crippen LogP contribution < -0.4 is 10.9 Å². The molecule has 22 heavy (non-hydrogen) atoms. The third kappa shape index (κ3) is 2.56. The van der Waals surface area contributed by atoms with Crippen molar-refractivity contribution >= 4 is 22.6 Å². The van der Waals surface area contributed by atoms with Crippen LogP contribution in [0.4, 0.5) is 0 Å². The van der Waals surface area contributed by atoms with Gasteiger partial charge in [-0.05, 0) is 29.8 Å². The molecule has 1 heterocycles. The lowest BCUT2D eigenvalue weighted by molar-refractivity contribution is 0.0846. The number of benzene rings is 2. The maximum atomic E-state index is 12.3. The summed E-state index contributed by atoms with van der Waals surface area (Å²) in [6, 6.07) is 14.6. The summed E-state index contributed by atoms with van der Waals surface area (Å²) in [7, 11) is 0. The summed E-state index contributed by atoms with van der Waals surface area (Å²) in [6.07, 6.45) is 1.43. The summed E-state index contributed by atoms with van der Waals surface area (Å²) >= 11 is 0. The van der Waals surface area contributed by atoms with Crippen LogP contribution in [0.5, 0.6) is 0 Å². The van der Waals surface area contributed by atoms with Gasteiger partial charge in [-0.2, -0.15) is 0 Å². The normalized spacial score (nSPS) is 10.4. The Balaban J connectivity index is 1.77. The van der Waals surface area contributed by atoms with Crippen LogP contribution in [0.3, 0.4) is 0 Å². The summed E-state index contributed by atoms with van der Waals surface area (Å²) < 4.78 is 5.06. The van der Waals surface area contributed by atoms with Gasteiger partial charge in [0.25, 0.3) is 11.8 Å². The highest BCUT2D eigenvalue weighted by atomic mass is 16.3. The van der Waals surface area contributed by atoms with Crippen molar-refractivity contribution in [1.29, 1.82) is 0 Å². The first-order chi connectivity index (χ1) is 10.7. The number of amides is 2. The maximum absolute atomic E-state index is 12.3. The van der Waals surface area contributed by atoms with Gasteiger partial charge in [-0.3, -0.25) is 20.4 Å². The first-order valence-corrected chi connectivity index (χ1v) is 6.79. The van der Waals surface area contributed by atoms with Gasteiger partial charge in [0.2, 0.25) is 0 Å². The van der Waals surface area contributed by atoms with Crippen LogP contribution in [0.25, 0.3) is 10.8 Å². The van der Waals surface area contributed by atoms with Gasteiger partial charge in [0.1, 0.15) is 5.76 Å². The second-order valence-corrected chi connectivity index (χ2v) is 4.83. The zero-order valence-corrected chi connectivity index (χ0v) is 11.9. The second kappa shape index (κ2) is 5.73. The highest BCUT2D eigenvalue weighted by Crippen LogP contribution is 2.18. The molecule has 0 saturated heterocycles. The molecular weight excluding hydrogens is 280 g/mol. The molecule has 0 bridgehead atoms. The fourth-order valence-corrected chi connectivity index (χ4v) is 2.29. The summed E-state index contributed by atoms with van der Waals surface area (Å²) in [4.78, 5) is 24.2. The molecule has 2 N–H and O–H groups in total. The standard InChI is InChI=1S/C17H14N2O3/c1-11-13(9-10-22-11)16(20)18-19-17(21)15-8-4-6-12-5-2-3-7-14(12)15/h2-10H,1H3,(H,18,20)(H,19,21). The molecule has 0 radical (unpaired) electrons. The Hall–Kier alpha value is -3.08. The zero-order valence-electron chi connectivity index (χ0n) is 11.9. The number of hydrogen-bond acceptors (Lipinski definition) is 3. The number of hydrazine groups is 1. The first kappa shape index (κ1) is 13.9. The average Bonchev–Trinajstić information content (AvgIpc) is 2.98. The van der Waals surface area contributed by atoms with Gasteiger partial charge in [-0.15, -0.1) is 0 Å². The Morgan fingerprint density at radius 2 is 1.55 bits per heavy atom. The van der Waals surface area contributed by atoms with E-state index < -0.39 is 5.91 Å². The molecule has 0 aliphatic carbocycles. The maximum Gasteiger partial charge on any atom is 0.273 e. The zero-order chi connectivity index (χ0) is 15.5. The number of nitrogens with one attached hydrogen (secondary N) is 2. The van der Waals surface area contributed by atoms with Crippen LogP contribution in [0.15, 0.2) is 59.2 Å². The van der Waals surface area contributed by atoms with Gasteiger partial charge in [-0.1, -0.05) is 36.4 Å². The lowest BCUT2D eigenvalue weighted by Crippen LogP contribution is -2.41. The summed E-state index contributed by atoms with van der Waals surface area (Å²) in [5.41, 5.74) is 5.71. The minimum Gasteiger partial charge on any atom is -0.469 e. The predicted molar refractivity (Wildman–Crippen MR) is 82.3 cm³/mol. The van der Waals surface area contributed by atoms with E-state index in [4.69, 9.17) is 4.42 Å². The fraction of sp³-hybridized carbons (Fsp3) is 0.0588. The molecule has 1 aromatic heterocycles. The van der Waals surface area contributed by atoms with Gasteiger partial charge in [0.15, 0.2) is 0 Å². The van der Waals surface area contributed by atoms with Gasteiger partial charge < -0.3 is 4.42 Å². The van der Waals surface area contributed by atoms with Crippen LogP contribution in [0, 0.1) is 6.92 Å². The Labute approximate surface area is 126 Å². The van der Waals surface area contributed by atoms with E-state index in [0.717, 1.165) is 10.8 Å². The van der Waals surface area contributed by atoms with Gasteiger partial charge in [0, 0.05) is 5.56 Å². The van der Waals surface area contributed by atoms with Gasteiger partial charge in [0.05, 0.1) is 11.8 Å². The van der Waals surface area contributed by atoms with Gasteiger partial charge >= 0.3 is 0 Å². The molecule has 2 aromatic carbocycles. The number of rotatable bonds is 2. The lowest BCUT2D eigenvalue weighted by Gasteiger charge is -2.09. The molecule has 3 rings (SSSR count). The SMILES string of the molecule is Cc1occc1C(=O)NNC(=O)c1cccc2ccccc12. The van der Waals surface area contributed by atoms with Crippen molar-refractivity contribution in [3.05, 3.63) is 71.7 Å². The number of furan rings is 1. The molecule has 110 valence electrons. The molecule has 2 amide bonds. The largest absolute Gasteiger partial charge is 0.469 e. The smallest absolute Gasteiger partial charge is 0.273 e. The van der Waals surface area contributed by atoms with Crippen molar-refractivity contribution in [2.45, 2.75) is 6.92 Å². The molecule has 0 fully saturated rings. The summed E-state index contributed by atoms with van der Waals surface area (Å²) in [5.74, 6) is -0.289. The first-order valence-electron chi connectivity index (χ1n) is 6.79. The van der Waals surface area contributed by atoms with E-state index >= 15 is 0 Å². The average molecular weight is 294 g/mol. The predicted octanol–water partition coefficient (Wildman–Crippen LogP) is 2.82. The van der Waals surface area contributed by atoms with Crippen molar-refractivity contribution in [2.24, 2.45) is 0 Å². The minimum absolute atomic E-state index is 0.369. The monoisotopic (exact) mass is 294 g/mol. The Morgan fingerprint density at radius 1 is 0.864 bits per heavy atom. The second-order valence-electron chi connectivity index (χ2n) is 4.83. The van der Waals surface area contributed by atoms with E-state index in [0.29, 0.717) is 16.9 Å². The molecule has 0 spiro atoms. The number of carbonyl (C=O) groups is 2. The van der Waals surface area contributed by atoms with Crippen LogP contribution in [-0.2, 0) is 0 Å². The van der Waals surface area contributed by atoms with E-state index in [2.05, 4.69) is 10.9 Å². The highest BCUT2D eigenvalue weighted by Gasteiger charge is 2.14. The topological polar surface area (TPSA) is 71.3 Å². The number of aryl methyl sites for hydroxylation is 1. The molecule has 0 unspecified atom stereocenters. The Morgan fingerprint density at radius 3 is 2.27 bits per heavy atom. The number of fused-ring (bicyclic) bond motifs is 1.